The number of benzene rings is 2. The van der Waals surface area contributed by atoms with Gasteiger partial charge in [-0.1, -0.05) is 0 Å². The van der Waals surface area contributed by atoms with E-state index in [0.29, 0.717) is 43.5 Å². The molecule has 14 heteroatoms. The van der Waals surface area contributed by atoms with Gasteiger partial charge in [0.05, 0.1) is 29.3 Å². The van der Waals surface area contributed by atoms with Crippen LogP contribution in [0.4, 0.5) is 50.0 Å². The van der Waals surface area contributed by atoms with Crippen molar-refractivity contribution >= 4 is 18.1 Å². The summed E-state index contributed by atoms with van der Waals surface area (Å²) in [5.74, 6) is -0.104. The van der Waals surface area contributed by atoms with E-state index < -0.39 is 65.6 Å². The van der Waals surface area contributed by atoms with Crippen LogP contribution in [0.3, 0.4) is 0 Å². The lowest BCUT2D eigenvalue weighted by molar-refractivity contribution is -0.143. The van der Waals surface area contributed by atoms with Crippen LogP contribution in [0, 0.1) is 5.92 Å². The van der Waals surface area contributed by atoms with Crippen LogP contribution in [0.5, 0.6) is 0 Å². The predicted molar refractivity (Wildman–Crippen MR) is 132 cm³/mol. The van der Waals surface area contributed by atoms with Gasteiger partial charge in [0.25, 0.3) is 0 Å². The molecule has 2 aromatic carbocycles. The largest absolute Gasteiger partial charge is 0.439 e. The van der Waals surface area contributed by atoms with E-state index in [4.69, 9.17) is 4.74 Å². The quantitative estimate of drug-likeness (QED) is 0.246. The maximum absolute atomic E-state index is 13.6. The Morgan fingerprint density at radius 1 is 0.857 bits per heavy atom. The number of aldehydes is 1. The Labute approximate surface area is 235 Å². The summed E-state index contributed by atoms with van der Waals surface area (Å²) < 4.78 is 127. The molecule has 1 heterocycles. The van der Waals surface area contributed by atoms with Crippen LogP contribution >= 0.6 is 0 Å². The number of alkyl halides is 9. The number of anilines is 1. The first kappa shape index (κ1) is 31.5. The molecule has 1 aliphatic carbocycles. The van der Waals surface area contributed by atoms with Gasteiger partial charge in [0.15, 0.2) is 0 Å². The van der Waals surface area contributed by atoms with Crippen LogP contribution in [0.15, 0.2) is 36.4 Å². The molecule has 0 bridgehead atoms. The summed E-state index contributed by atoms with van der Waals surface area (Å²) in [6.45, 7) is 0.885. The summed E-state index contributed by atoms with van der Waals surface area (Å²) in [6, 6.07) is 2.66. The molecule has 230 valence electrons. The number of cyclic esters (lactones) is 1. The highest BCUT2D eigenvalue weighted by atomic mass is 19.4. The average molecular weight is 611 g/mol. The van der Waals surface area contributed by atoms with Gasteiger partial charge in [-0.2, -0.15) is 39.5 Å². The molecule has 2 aromatic rings. The zero-order valence-electron chi connectivity index (χ0n) is 22.4. The van der Waals surface area contributed by atoms with Gasteiger partial charge in [-0.05, 0) is 80.1 Å². The van der Waals surface area contributed by atoms with Gasteiger partial charge in [0.2, 0.25) is 0 Å². The molecule has 2 aliphatic rings. The molecule has 4 rings (SSSR count). The Hall–Kier alpha value is -3.45. The maximum atomic E-state index is 13.6. The molecule has 1 aliphatic heterocycles. The standard InChI is InChI=1S/C28H27F9N2O3/c1-15-24(17-9-20(27(32,33)34)12-21(10-17)28(35,36)37)42-25(41)39(15)13-18-11-19(26(29,30)31)5-8-23(18)38(2)22-6-3-16(14-40)4-7-22/h5,8-12,14-16,22,24H,3-4,6-7,13H2,1-2H3. The van der Waals surface area contributed by atoms with Crippen molar-refractivity contribution in [3.63, 3.8) is 0 Å². The maximum Gasteiger partial charge on any atom is 0.416 e. The molecular formula is C28H27F9N2O3. The normalized spacial score (nSPS) is 23.6. The van der Waals surface area contributed by atoms with Crippen molar-refractivity contribution in [1.82, 2.24) is 4.90 Å². The van der Waals surface area contributed by atoms with Gasteiger partial charge in [-0.25, -0.2) is 4.79 Å². The Morgan fingerprint density at radius 3 is 1.90 bits per heavy atom. The molecule has 1 saturated carbocycles. The van der Waals surface area contributed by atoms with E-state index in [-0.39, 0.29) is 23.6 Å². The average Bonchev–Trinajstić information content (AvgIpc) is 3.19. The number of rotatable bonds is 6. The predicted octanol–water partition coefficient (Wildman–Crippen LogP) is 8.02. The molecule has 0 N–H and O–H groups in total. The molecule has 5 nitrogen and oxygen atoms in total. The zero-order chi connectivity index (χ0) is 31.2. The fraction of sp³-hybridized carbons (Fsp3) is 0.500. The summed E-state index contributed by atoms with van der Waals surface area (Å²) >= 11 is 0. The van der Waals surface area contributed by atoms with Crippen molar-refractivity contribution in [3.05, 3.63) is 64.2 Å². The molecule has 2 unspecified atom stereocenters. The fourth-order valence-electron chi connectivity index (χ4n) is 5.54. The number of amides is 1. The van der Waals surface area contributed by atoms with Gasteiger partial charge in [0, 0.05) is 24.7 Å². The Kier molecular flexibility index (Phi) is 8.49. The van der Waals surface area contributed by atoms with Crippen LogP contribution in [-0.2, 0) is 34.6 Å². The van der Waals surface area contributed by atoms with E-state index in [1.165, 1.54) is 13.0 Å². The molecule has 2 fully saturated rings. The molecule has 2 atom stereocenters. The number of halogens is 9. The second kappa shape index (κ2) is 11.3. The lowest BCUT2D eigenvalue weighted by atomic mass is 9.86. The van der Waals surface area contributed by atoms with E-state index in [2.05, 4.69) is 0 Å². The van der Waals surface area contributed by atoms with E-state index in [0.717, 1.165) is 23.3 Å². The van der Waals surface area contributed by atoms with Crippen molar-refractivity contribution in [2.45, 2.75) is 75.9 Å². The highest BCUT2D eigenvalue weighted by molar-refractivity contribution is 5.72. The highest BCUT2D eigenvalue weighted by Crippen LogP contribution is 2.42. The molecule has 0 aromatic heterocycles. The number of hydrogen-bond donors (Lipinski definition) is 0. The molecule has 0 radical (unpaired) electrons. The molecule has 1 saturated heterocycles. The molecule has 1 amide bonds. The number of hydrogen-bond acceptors (Lipinski definition) is 4. The summed E-state index contributed by atoms with van der Waals surface area (Å²) in [6.07, 6.45) is -14.3. The van der Waals surface area contributed by atoms with Gasteiger partial charge in [0.1, 0.15) is 12.4 Å². The Morgan fingerprint density at radius 2 is 1.40 bits per heavy atom. The highest BCUT2D eigenvalue weighted by Gasteiger charge is 2.44. The second-order valence-corrected chi connectivity index (χ2v) is 10.7. The lowest BCUT2D eigenvalue weighted by Crippen LogP contribution is -2.37. The fourth-order valence-corrected chi connectivity index (χ4v) is 5.54. The van der Waals surface area contributed by atoms with Crippen molar-refractivity contribution in [3.8, 4) is 0 Å². The van der Waals surface area contributed by atoms with Crippen LogP contribution in [-0.4, -0.2) is 36.4 Å². The summed E-state index contributed by atoms with van der Waals surface area (Å²) in [7, 11) is 1.67. The third-order valence-electron chi connectivity index (χ3n) is 7.94. The Balaban J connectivity index is 1.67. The van der Waals surface area contributed by atoms with Crippen LogP contribution in [0.1, 0.15) is 66.5 Å². The van der Waals surface area contributed by atoms with Crippen LogP contribution in [0.25, 0.3) is 0 Å². The topological polar surface area (TPSA) is 49.9 Å². The summed E-state index contributed by atoms with van der Waals surface area (Å²) in [5, 5.41) is 0. The second-order valence-electron chi connectivity index (χ2n) is 10.7. The Bertz CT molecular complexity index is 1280. The first-order chi connectivity index (χ1) is 19.4. The summed E-state index contributed by atoms with van der Waals surface area (Å²) in [5.41, 5.74) is -4.29. The van der Waals surface area contributed by atoms with E-state index in [1.54, 1.807) is 11.9 Å². The van der Waals surface area contributed by atoms with Crippen LogP contribution < -0.4 is 4.90 Å². The van der Waals surface area contributed by atoms with E-state index in [9.17, 15) is 49.1 Å². The van der Waals surface area contributed by atoms with Gasteiger partial charge in [-0.15, -0.1) is 0 Å². The van der Waals surface area contributed by atoms with Crippen molar-refractivity contribution in [2.75, 3.05) is 11.9 Å². The van der Waals surface area contributed by atoms with Gasteiger partial charge < -0.3 is 14.4 Å². The third-order valence-corrected chi connectivity index (χ3v) is 7.94. The van der Waals surface area contributed by atoms with E-state index in [1.807, 2.05) is 0 Å². The SMILES string of the molecule is CC1C(c2cc(C(F)(F)F)cc(C(F)(F)F)c2)OC(=O)N1Cc1cc(C(F)(F)F)ccc1N(C)C1CCC(C=O)CC1. The van der Waals surface area contributed by atoms with Gasteiger partial charge in [-0.3, -0.25) is 4.90 Å². The first-order valence-corrected chi connectivity index (χ1v) is 13.0. The minimum atomic E-state index is -5.12. The minimum Gasteiger partial charge on any atom is -0.439 e. The van der Waals surface area contributed by atoms with Crippen molar-refractivity contribution in [1.29, 1.82) is 0 Å². The number of ether oxygens (including phenoxy) is 1. The van der Waals surface area contributed by atoms with Crippen molar-refractivity contribution in [2.24, 2.45) is 5.92 Å². The number of carbonyl (C=O) groups excluding carboxylic acids is 2. The number of carbonyl (C=O) groups is 2. The van der Waals surface area contributed by atoms with E-state index >= 15 is 0 Å². The lowest BCUT2D eigenvalue weighted by Gasteiger charge is -2.36. The van der Waals surface area contributed by atoms with Gasteiger partial charge >= 0.3 is 24.6 Å². The minimum absolute atomic E-state index is 0.0456. The smallest absolute Gasteiger partial charge is 0.416 e. The molecular weight excluding hydrogens is 583 g/mol. The first-order valence-electron chi connectivity index (χ1n) is 13.0. The monoisotopic (exact) mass is 610 g/mol. The van der Waals surface area contributed by atoms with Crippen LogP contribution in [0.2, 0.25) is 0 Å². The molecule has 42 heavy (non-hydrogen) atoms. The summed E-state index contributed by atoms with van der Waals surface area (Å²) in [4.78, 5) is 26.7. The number of nitrogens with zero attached hydrogens (tertiary/aromatic N) is 2. The molecule has 0 spiro atoms. The zero-order valence-corrected chi connectivity index (χ0v) is 22.4. The van der Waals surface area contributed by atoms with Crippen molar-refractivity contribution < 1.29 is 53.8 Å². The third kappa shape index (κ3) is 6.62.